The Morgan fingerprint density at radius 3 is 2.38 bits per heavy atom. The first-order chi connectivity index (χ1) is 7.51. The highest BCUT2D eigenvalue weighted by Crippen LogP contribution is 2.30. The van der Waals surface area contributed by atoms with Crippen molar-refractivity contribution in [3.63, 3.8) is 0 Å². The van der Waals surface area contributed by atoms with Crippen LogP contribution in [0.15, 0.2) is 0 Å². The fourth-order valence-corrected chi connectivity index (χ4v) is 2.57. The smallest absolute Gasteiger partial charge is 0.306 e. The Balaban J connectivity index is 2.33. The van der Waals surface area contributed by atoms with E-state index in [1.54, 1.807) is 0 Å². The van der Waals surface area contributed by atoms with E-state index in [9.17, 15) is 4.79 Å². The molecule has 1 fully saturated rings. The maximum absolute atomic E-state index is 11.6. The van der Waals surface area contributed by atoms with Crippen LogP contribution in [0.5, 0.6) is 0 Å². The Morgan fingerprint density at radius 1 is 1.31 bits per heavy atom. The van der Waals surface area contributed by atoms with Crippen LogP contribution < -0.4 is 5.73 Å². The summed E-state index contributed by atoms with van der Waals surface area (Å²) in [6.07, 6.45) is 3.89. The van der Waals surface area contributed by atoms with E-state index in [1.807, 2.05) is 6.92 Å². The number of carbonyl (C=O) groups excluding carboxylic acids is 1. The van der Waals surface area contributed by atoms with E-state index in [1.165, 1.54) is 6.42 Å². The zero-order chi connectivity index (χ0) is 12.1. The molecule has 0 heterocycles. The van der Waals surface area contributed by atoms with Crippen molar-refractivity contribution in [3.8, 4) is 0 Å². The predicted molar refractivity (Wildman–Crippen MR) is 64.9 cm³/mol. The molecule has 0 spiro atoms. The highest BCUT2D eigenvalue weighted by molar-refractivity contribution is 5.69. The van der Waals surface area contributed by atoms with Gasteiger partial charge in [-0.3, -0.25) is 4.79 Å². The number of rotatable bonds is 4. The van der Waals surface area contributed by atoms with E-state index in [0.29, 0.717) is 24.8 Å². The van der Waals surface area contributed by atoms with Crippen molar-refractivity contribution < 1.29 is 9.53 Å². The topological polar surface area (TPSA) is 52.3 Å². The predicted octanol–water partition coefficient (Wildman–Crippen LogP) is 2.34. The van der Waals surface area contributed by atoms with Crippen molar-refractivity contribution in [1.29, 1.82) is 0 Å². The molecule has 0 aromatic heterocycles. The first kappa shape index (κ1) is 13.5. The summed E-state index contributed by atoms with van der Waals surface area (Å²) in [5.74, 6) is 1.50. The van der Waals surface area contributed by atoms with Gasteiger partial charge in [0.2, 0.25) is 0 Å². The maximum atomic E-state index is 11.6. The van der Waals surface area contributed by atoms with Gasteiger partial charge in [-0.05, 0) is 43.6 Å². The lowest BCUT2D eigenvalue weighted by Gasteiger charge is -2.31. The minimum atomic E-state index is -0.0794. The molecule has 1 aliphatic rings. The summed E-state index contributed by atoms with van der Waals surface area (Å²) in [5.41, 5.74) is 5.49. The standard InChI is InChI=1S/C13H25NO2/c1-9-4-10(2)6-12(5-9)16-13(15)7-11(3)8-14/h9-12H,4-8,14H2,1-3H3. The maximum Gasteiger partial charge on any atom is 0.306 e. The van der Waals surface area contributed by atoms with Gasteiger partial charge in [0.1, 0.15) is 6.10 Å². The van der Waals surface area contributed by atoms with Crippen LogP contribution in [0.1, 0.15) is 46.5 Å². The third-order valence-corrected chi connectivity index (χ3v) is 3.35. The van der Waals surface area contributed by atoms with E-state index in [-0.39, 0.29) is 18.0 Å². The average Bonchev–Trinajstić information content (AvgIpc) is 2.15. The fraction of sp³-hybridized carbons (Fsp3) is 0.923. The Hall–Kier alpha value is -0.570. The van der Waals surface area contributed by atoms with E-state index >= 15 is 0 Å². The lowest BCUT2D eigenvalue weighted by Crippen LogP contribution is -2.29. The van der Waals surface area contributed by atoms with Gasteiger partial charge in [-0.15, -0.1) is 0 Å². The van der Waals surface area contributed by atoms with Crippen molar-refractivity contribution in [2.75, 3.05) is 6.54 Å². The van der Waals surface area contributed by atoms with Crippen LogP contribution in [0.2, 0.25) is 0 Å². The van der Waals surface area contributed by atoms with Crippen LogP contribution in [0.25, 0.3) is 0 Å². The molecule has 16 heavy (non-hydrogen) atoms. The van der Waals surface area contributed by atoms with Crippen LogP contribution in [-0.2, 0) is 9.53 Å². The van der Waals surface area contributed by atoms with Crippen molar-refractivity contribution in [2.24, 2.45) is 23.5 Å². The van der Waals surface area contributed by atoms with Gasteiger partial charge in [-0.1, -0.05) is 20.8 Å². The largest absolute Gasteiger partial charge is 0.462 e. The van der Waals surface area contributed by atoms with Crippen molar-refractivity contribution in [3.05, 3.63) is 0 Å². The van der Waals surface area contributed by atoms with Crippen LogP contribution in [0, 0.1) is 17.8 Å². The van der Waals surface area contributed by atoms with Gasteiger partial charge < -0.3 is 10.5 Å². The highest BCUT2D eigenvalue weighted by Gasteiger charge is 2.26. The summed E-state index contributed by atoms with van der Waals surface area (Å²) in [5, 5.41) is 0. The third kappa shape index (κ3) is 4.52. The average molecular weight is 227 g/mol. The second kappa shape index (κ2) is 6.24. The minimum absolute atomic E-state index is 0.0794. The molecular formula is C13H25NO2. The monoisotopic (exact) mass is 227 g/mol. The molecule has 1 aliphatic carbocycles. The van der Waals surface area contributed by atoms with Gasteiger partial charge >= 0.3 is 5.97 Å². The number of esters is 1. The molecule has 0 aromatic rings. The van der Waals surface area contributed by atoms with Gasteiger partial charge in [0.15, 0.2) is 0 Å². The lowest BCUT2D eigenvalue weighted by atomic mass is 9.82. The van der Waals surface area contributed by atoms with Gasteiger partial charge in [0.05, 0.1) is 0 Å². The summed E-state index contributed by atoms with van der Waals surface area (Å²) >= 11 is 0. The van der Waals surface area contributed by atoms with Crippen molar-refractivity contribution in [1.82, 2.24) is 0 Å². The van der Waals surface area contributed by atoms with Gasteiger partial charge in [-0.25, -0.2) is 0 Å². The molecule has 1 rings (SSSR count). The fourth-order valence-electron chi connectivity index (χ4n) is 2.57. The third-order valence-electron chi connectivity index (χ3n) is 3.35. The summed E-state index contributed by atoms with van der Waals surface area (Å²) in [4.78, 5) is 11.6. The number of carbonyl (C=O) groups is 1. The molecule has 3 nitrogen and oxygen atoms in total. The van der Waals surface area contributed by atoms with Crippen molar-refractivity contribution >= 4 is 5.97 Å². The van der Waals surface area contributed by atoms with E-state index in [0.717, 1.165) is 12.8 Å². The summed E-state index contributed by atoms with van der Waals surface area (Å²) < 4.78 is 5.51. The second-order valence-corrected chi connectivity index (χ2v) is 5.57. The highest BCUT2D eigenvalue weighted by atomic mass is 16.5. The molecule has 0 saturated heterocycles. The van der Waals surface area contributed by atoms with Gasteiger partial charge in [0, 0.05) is 6.42 Å². The Bertz CT molecular complexity index is 220. The lowest BCUT2D eigenvalue weighted by molar-refractivity contribution is -0.152. The van der Waals surface area contributed by atoms with Crippen LogP contribution in [-0.4, -0.2) is 18.6 Å². The summed E-state index contributed by atoms with van der Waals surface area (Å²) in [6, 6.07) is 0. The number of hydrogen-bond acceptors (Lipinski definition) is 3. The minimum Gasteiger partial charge on any atom is -0.462 e. The van der Waals surface area contributed by atoms with Crippen LogP contribution in [0.4, 0.5) is 0 Å². The number of nitrogens with two attached hydrogens (primary N) is 1. The molecule has 0 aromatic carbocycles. The molecule has 0 amide bonds. The molecule has 0 bridgehead atoms. The van der Waals surface area contributed by atoms with Crippen molar-refractivity contribution in [2.45, 2.75) is 52.6 Å². The molecule has 0 aliphatic heterocycles. The Labute approximate surface area is 98.7 Å². The molecular weight excluding hydrogens is 202 g/mol. The zero-order valence-corrected chi connectivity index (χ0v) is 10.7. The molecule has 3 atom stereocenters. The van der Waals surface area contributed by atoms with Crippen LogP contribution in [0.3, 0.4) is 0 Å². The van der Waals surface area contributed by atoms with Crippen LogP contribution >= 0.6 is 0 Å². The SMILES string of the molecule is CC(CN)CC(=O)OC1CC(C)CC(C)C1. The first-order valence-electron chi connectivity index (χ1n) is 6.40. The van der Waals surface area contributed by atoms with Gasteiger partial charge in [-0.2, -0.15) is 0 Å². The molecule has 0 radical (unpaired) electrons. The second-order valence-electron chi connectivity index (χ2n) is 5.57. The Morgan fingerprint density at radius 2 is 1.88 bits per heavy atom. The number of hydrogen-bond donors (Lipinski definition) is 1. The molecule has 2 N–H and O–H groups in total. The molecule has 3 heteroatoms. The molecule has 1 saturated carbocycles. The molecule has 94 valence electrons. The zero-order valence-electron chi connectivity index (χ0n) is 10.7. The van der Waals surface area contributed by atoms with E-state index < -0.39 is 0 Å². The summed E-state index contributed by atoms with van der Waals surface area (Å²) in [6.45, 7) is 7.00. The van der Waals surface area contributed by atoms with E-state index in [4.69, 9.17) is 10.5 Å². The van der Waals surface area contributed by atoms with Gasteiger partial charge in [0.25, 0.3) is 0 Å². The normalized spacial score (nSPS) is 32.1. The Kier molecular flexibility index (Phi) is 5.26. The molecule has 3 unspecified atom stereocenters. The van der Waals surface area contributed by atoms with E-state index in [2.05, 4.69) is 13.8 Å². The number of ether oxygens (including phenoxy) is 1. The summed E-state index contributed by atoms with van der Waals surface area (Å²) in [7, 11) is 0. The quantitative estimate of drug-likeness (QED) is 0.750. The first-order valence-corrected chi connectivity index (χ1v) is 6.40.